The Labute approximate surface area is 206 Å². The summed E-state index contributed by atoms with van der Waals surface area (Å²) in [5.74, 6) is 0. The minimum Gasteiger partial charge on any atom is -0.740 e. The molecule has 1 N–H and O–H groups in total. The average Bonchev–Trinajstić information content (AvgIpc) is 3.59. The Morgan fingerprint density at radius 3 is 2.46 bits per heavy atom. The van der Waals surface area contributed by atoms with Crippen molar-refractivity contribution in [2.45, 2.75) is 64.3 Å². The van der Waals surface area contributed by atoms with E-state index in [1.165, 1.54) is 22.0 Å². The number of anilines is 2. The molecule has 1 aromatic heterocycles. The largest absolute Gasteiger partial charge is 0.740 e. The van der Waals surface area contributed by atoms with Gasteiger partial charge in [0.1, 0.15) is 0 Å². The Morgan fingerprint density at radius 1 is 1.17 bits per heavy atom. The molecule has 0 saturated carbocycles. The maximum atomic E-state index is 13.7. The van der Waals surface area contributed by atoms with Gasteiger partial charge in [-0.3, -0.25) is 9.15 Å². The number of fused-ring (bicyclic) bond motifs is 2. The number of hydroxylamine groups is 1. The van der Waals surface area contributed by atoms with E-state index in [-0.39, 0.29) is 10.2 Å². The number of likely N-dealkylation sites (tertiary alicyclic amines) is 1. The minimum absolute atomic E-state index is 0.283. The van der Waals surface area contributed by atoms with Crippen molar-refractivity contribution in [3.05, 3.63) is 45.9 Å². The summed E-state index contributed by atoms with van der Waals surface area (Å²) in [6, 6.07) is 0.586. The van der Waals surface area contributed by atoms with Crippen molar-refractivity contribution in [3.8, 4) is 0 Å². The lowest BCUT2D eigenvalue weighted by atomic mass is 9.99. The molecule has 0 radical (unpaired) electrons. The van der Waals surface area contributed by atoms with E-state index in [0.29, 0.717) is 18.7 Å². The van der Waals surface area contributed by atoms with Gasteiger partial charge in [-0.25, -0.2) is 9.10 Å². The number of piperidine rings is 1. The maximum absolute atomic E-state index is 13.7. The maximum Gasteiger partial charge on any atom is 0.326 e. The van der Waals surface area contributed by atoms with Crippen LogP contribution < -0.4 is 9.62 Å². The van der Waals surface area contributed by atoms with Crippen LogP contribution in [0.1, 0.15) is 54.9 Å². The Morgan fingerprint density at radius 2 is 1.86 bits per heavy atom. The smallest absolute Gasteiger partial charge is 0.326 e. The highest BCUT2D eigenvalue weighted by molar-refractivity contribution is 7.91. The number of urea groups is 1. The first-order valence-corrected chi connectivity index (χ1v) is 13.9. The Hall–Kier alpha value is -2.63. The van der Waals surface area contributed by atoms with E-state index in [4.69, 9.17) is 0 Å². The molecule has 1 saturated heterocycles. The molecule has 5 rings (SSSR count). The SMILES string of the molecule is CCN1CCCC(N(c2cnn(C)c2)S(=O)(=O)N([O-])C(=O)Nc2c3c(cc4c2CCC4)CCC3)C1. The number of aromatic nitrogens is 2. The van der Waals surface area contributed by atoms with Gasteiger partial charge >= 0.3 is 16.2 Å². The molecule has 0 spiro atoms. The molecule has 2 aromatic rings. The predicted octanol–water partition coefficient (Wildman–Crippen LogP) is 2.96. The van der Waals surface area contributed by atoms with Gasteiger partial charge in [-0.1, -0.05) is 13.0 Å². The number of hydrogen-bond acceptors (Lipinski definition) is 6. The highest BCUT2D eigenvalue weighted by Crippen LogP contribution is 2.39. The second kappa shape index (κ2) is 9.44. The van der Waals surface area contributed by atoms with Crippen LogP contribution in [0.25, 0.3) is 0 Å². The van der Waals surface area contributed by atoms with Crippen LogP contribution in [0.3, 0.4) is 0 Å². The molecule has 0 bridgehead atoms. The van der Waals surface area contributed by atoms with Crippen molar-refractivity contribution in [2.75, 3.05) is 29.3 Å². The first-order valence-electron chi connectivity index (χ1n) is 12.5. The normalized spacial score (nSPS) is 19.9. The van der Waals surface area contributed by atoms with Crippen molar-refractivity contribution >= 4 is 27.6 Å². The second-order valence-electron chi connectivity index (χ2n) is 9.76. The number of benzene rings is 1. The first kappa shape index (κ1) is 24.1. The molecule has 10 nitrogen and oxygen atoms in total. The fourth-order valence-electron chi connectivity index (χ4n) is 5.87. The number of rotatable bonds is 6. The molecular weight excluding hydrogens is 468 g/mol. The zero-order chi connectivity index (χ0) is 24.7. The van der Waals surface area contributed by atoms with Gasteiger partial charge in [-0.2, -0.15) is 13.5 Å². The van der Waals surface area contributed by atoms with Crippen LogP contribution in [-0.4, -0.2) is 59.3 Å². The lowest BCUT2D eigenvalue weighted by Crippen LogP contribution is -2.55. The lowest BCUT2D eigenvalue weighted by molar-refractivity contribution is 0.219. The minimum atomic E-state index is -4.70. The highest BCUT2D eigenvalue weighted by atomic mass is 32.2. The zero-order valence-electron chi connectivity index (χ0n) is 20.4. The molecule has 3 aliphatic rings. The standard InChI is InChI=1S/C24H33N6O4S/c1-3-28-12-6-9-19(16-28)29(20-14-25-27(2)15-20)35(33,34)30(32)24(31)26-23-21-10-4-7-17(21)13-18-8-5-11-22(18)23/h13-15,19H,3-12,16H2,1-2H3,(H,26,31)/q-1. The summed E-state index contributed by atoms with van der Waals surface area (Å²) < 4.78 is 29.5. The van der Waals surface area contributed by atoms with Crippen LogP contribution in [0.15, 0.2) is 18.5 Å². The van der Waals surface area contributed by atoms with E-state index >= 15 is 0 Å². The van der Waals surface area contributed by atoms with Crippen molar-refractivity contribution < 1.29 is 13.2 Å². The van der Waals surface area contributed by atoms with Crippen LogP contribution in [0.2, 0.25) is 0 Å². The van der Waals surface area contributed by atoms with E-state index in [1.54, 1.807) is 13.2 Å². The summed E-state index contributed by atoms with van der Waals surface area (Å²) in [7, 11) is -3.01. The van der Waals surface area contributed by atoms with Crippen LogP contribution in [-0.2, 0) is 42.9 Å². The molecule has 1 atom stereocenters. The number of carbonyl (C=O) groups excluding carboxylic acids is 1. The van der Waals surface area contributed by atoms with E-state index in [2.05, 4.69) is 21.4 Å². The number of likely N-dealkylation sites (N-methyl/N-ethyl adjacent to an activating group) is 1. The van der Waals surface area contributed by atoms with Gasteiger partial charge in [0.25, 0.3) is 0 Å². The van der Waals surface area contributed by atoms with E-state index < -0.39 is 22.3 Å². The van der Waals surface area contributed by atoms with Crippen LogP contribution in [0.4, 0.5) is 16.2 Å². The molecule has 1 aromatic carbocycles. The molecular formula is C24H33N6O4S-. The number of amides is 2. The van der Waals surface area contributed by atoms with Crippen molar-refractivity contribution in [1.82, 2.24) is 19.1 Å². The number of carbonyl (C=O) groups is 1. The number of nitrogens with zero attached hydrogens (tertiary/aromatic N) is 5. The first-order chi connectivity index (χ1) is 16.8. The molecule has 2 aliphatic carbocycles. The van der Waals surface area contributed by atoms with Crippen molar-refractivity contribution in [2.24, 2.45) is 7.05 Å². The number of hydrogen-bond donors (Lipinski definition) is 1. The van der Waals surface area contributed by atoms with E-state index in [9.17, 15) is 18.4 Å². The topological polar surface area (TPSA) is 114 Å². The van der Waals surface area contributed by atoms with Gasteiger partial charge in [0.2, 0.25) is 0 Å². The lowest BCUT2D eigenvalue weighted by Gasteiger charge is -2.42. The van der Waals surface area contributed by atoms with Gasteiger partial charge in [-0.05, 0) is 86.7 Å². The van der Waals surface area contributed by atoms with Gasteiger partial charge in [0.15, 0.2) is 0 Å². The number of nitrogens with one attached hydrogen (secondary N) is 1. The van der Waals surface area contributed by atoms with E-state index in [1.807, 2.05) is 6.92 Å². The van der Waals surface area contributed by atoms with Crippen molar-refractivity contribution in [1.29, 1.82) is 0 Å². The third-order valence-corrected chi connectivity index (χ3v) is 9.13. The predicted molar refractivity (Wildman–Crippen MR) is 134 cm³/mol. The molecule has 35 heavy (non-hydrogen) atoms. The molecule has 1 aliphatic heterocycles. The average molecular weight is 502 g/mol. The third kappa shape index (κ3) is 4.41. The fourth-order valence-corrected chi connectivity index (χ4v) is 7.19. The summed E-state index contributed by atoms with van der Waals surface area (Å²) in [6.07, 6.45) is 9.88. The van der Waals surface area contributed by atoms with Crippen molar-refractivity contribution in [3.63, 3.8) is 0 Å². The molecule has 1 fully saturated rings. The molecule has 11 heteroatoms. The third-order valence-electron chi connectivity index (χ3n) is 7.53. The van der Waals surface area contributed by atoms with E-state index in [0.717, 1.165) is 73.5 Å². The van der Waals surface area contributed by atoms with Crippen LogP contribution >= 0.6 is 0 Å². The number of aryl methyl sites for hydroxylation is 3. The van der Waals surface area contributed by atoms with Gasteiger partial charge < -0.3 is 15.4 Å². The van der Waals surface area contributed by atoms with Gasteiger partial charge in [-0.15, -0.1) is 0 Å². The molecule has 190 valence electrons. The zero-order valence-corrected chi connectivity index (χ0v) is 21.2. The van der Waals surface area contributed by atoms with Crippen LogP contribution in [0.5, 0.6) is 0 Å². The summed E-state index contributed by atoms with van der Waals surface area (Å²) >= 11 is 0. The summed E-state index contributed by atoms with van der Waals surface area (Å²) in [5, 5.41) is 20.1. The van der Waals surface area contributed by atoms with Gasteiger partial charge in [0, 0.05) is 25.5 Å². The summed E-state index contributed by atoms with van der Waals surface area (Å²) in [4.78, 5) is 15.3. The van der Waals surface area contributed by atoms with Crippen LogP contribution in [0, 0.1) is 5.21 Å². The van der Waals surface area contributed by atoms with Gasteiger partial charge in [0.05, 0.1) is 17.9 Å². The summed E-state index contributed by atoms with van der Waals surface area (Å²) in [5.41, 5.74) is 5.40. The molecule has 1 unspecified atom stereocenters. The fraction of sp³-hybridized carbons (Fsp3) is 0.583. The quantitative estimate of drug-likeness (QED) is 0.609. The Kier molecular flexibility index (Phi) is 6.49. The summed E-state index contributed by atoms with van der Waals surface area (Å²) in [6.45, 7) is 4.16. The monoisotopic (exact) mass is 501 g/mol. The molecule has 2 heterocycles. The second-order valence-corrected chi connectivity index (χ2v) is 11.4. The Bertz CT molecular complexity index is 1190. The highest BCUT2D eigenvalue weighted by Gasteiger charge is 2.37. The molecule has 2 amide bonds. The Balaban J connectivity index is 1.45.